The maximum absolute atomic E-state index is 11.3. The van der Waals surface area contributed by atoms with E-state index in [-0.39, 0.29) is 11.3 Å². The monoisotopic (exact) mass is 229 g/mol. The first kappa shape index (κ1) is 11.6. The highest BCUT2D eigenvalue weighted by atomic mass is 32.2. The minimum Gasteiger partial charge on any atom is -0.478 e. The molecule has 0 unspecified atom stereocenters. The van der Waals surface area contributed by atoms with Gasteiger partial charge in [-0.3, -0.25) is 4.79 Å². The highest BCUT2D eigenvalue weighted by Gasteiger charge is 2.13. The standard InChI is InChI=1S/C9H11NO4S/c1-15-3-2-10-8(11)7-4-6(5-14-7)9(12)13/h4-5H,2-3H2,1H3,(H,10,11)(H,12,13). The average Bonchev–Trinajstić information content (AvgIpc) is 2.66. The van der Waals surface area contributed by atoms with Crippen LogP contribution in [0.4, 0.5) is 0 Å². The van der Waals surface area contributed by atoms with E-state index in [1.54, 1.807) is 11.8 Å². The van der Waals surface area contributed by atoms with E-state index in [2.05, 4.69) is 5.32 Å². The maximum atomic E-state index is 11.3. The lowest BCUT2D eigenvalue weighted by Crippen LogP contribution is -2.25. The smallest absolute Gasteiger partial charge is 0.338 e. The molecule has 6 heteroatoms. The summed E-state index contributed by atoms with van der Waals surface area (Å²) in [6.07, 6.45) is 2.98. The summed E-state index contributed by atoms with van der Waals surface area (Å²) in [5.74, 6) is -0.676. The topological polar surface area (TPSA) is 79.5 Å². The number of furan rings is 1. The van der Waals surface area contributed by atoms with Crippen LogP contribution in [0, 0.1) is 0 Å². The minimum absolute atomic E-state index is 0.0218. The van der Waals surface area contributed by atoms with E-state index in [0.717, 1.165) is 12.0 Å². The van der Waals surface area contributed by atoms with Crippen molar-refractivity contribution in [1.82, 2.24) is 5.32 Å². The van der Waals surface area contributed by atoms with Crippen LogP contribution in [-0.2, 0) is 0 Å². The normalized spacial score (nSPS) is 9.93. The van der Waals surface area contributed by atoms with E-state index in [4.69, 9.17) is 9.52 Å². The van der Waals surface area contributed by atoms with Gasteiger partial charge in [0.1, 0.15) is 6.26 Å². The second-order valence-corrected chi connectivity index (χ2v) is 3.74. The molecular formula is C9H11NO4S. The molecule has 82 valence electrons. The predicted octanol–water partition coefficient (Wildman–Crippen LogP) is 1.07. The van der Waals surface area contributed by atoms with Crippen molar-refractivity contribution >= 4 is 23.6 Å². The molecular weight excluding hydrogens is 218 g/mol. The molecule has 0 saturated carbocycles. The Kier molecular flexibility index (Phi) is 4.23. The summed E-state index contributed by atoms with van der Waals surface area (Å²) in [4.78, 5) is 21.9. The molecule has 0 aliphatic carbocycles. The number of hydrogen-bond donors (Lipinski definition) is 2. The lowest BCUT2D eigenvalue weighted by atomic mass is 10.3. The Bertz CT molecular complexity index is 361. The van der Waals surface area contributed by atoms with E-state index in [1.165, 1.54) is 6.07 Å². The van der Waals surface area contributed by atoms with Crippen LogP contribution in [0.3, 0.4) is 0 Å². The number of thioether (sulfide) groups is 1. The van der Waals surface area contributed by atoms with E-state index in [0.29, 0.717) is 6.54 Å². The molecule has 1 rings (SSSR count). The summed E-state index contributed by atoms with van der Waals surface area (Å²) in [6, 6.07) is 1.21. The molecule has 0 aliphatic rings. The van der Waals surface area contributed by atoms with E-state index >= 15 is 0 Å². The lowest BCUT2D eigenvalue weighted by Gasteiger charge is -1.99. The van der Waals surface area contributed by atoms with Gasteiger partial charge in [-0.1, -0.05) is 0 Å². The predicted molar refractivity (Wildman–Crippen MR) is 56.4 cm³/mol. The lowest BCUT2D eigenvalue weighted by molar-refractivity contribution is 0.0696. The Hall–Kier alpha value is -1.43. The molecule has 15 heavy (non-hydrogen) atoms. The highest BCUT2D eigenvalue weighted by Crippen LogP contribution is 2.07. The molecule has 1 aromatic heterocycles. The number of carbonyl (C=O) groups excluding carboxylic acids is 1. The number of amides is 1. The van der Waals surface area contributed by atoms with Crippen LogP contribution < -0.4 is 5.32 Å². The van der Waals surface area contributed by atoms with Crippen molar-refractivity contribution in [1.29, 1.82) is 0 Å². The molecule has 0 aliphatic heterocycles. The first-order chi connectivity index (χ1) is 7.15. The van der Waals surface area contributed by atoms with E-state index < -0.39 is 11.9 Å². The average molecular weight is 229 g/mol. The van der Waals surface area contributed by atoms with Crippen molar-refractivity contribution < 1.29 is 19.1 Å². The van der Waals surface area contributed by atoms with E-state index in [9.17, 15) is 9.59 Å². The fourth-order valence-electron chi connectivity index (χ4n) is 0.921. The van der Waals surface area contributed by atoms with Crippen LogP contribution in [0.2, 0.25) is 0 Å². The molecule has 5 nitrogen and oxygen atoms in total. The second kappa shape index (κ2) is 5.45. The van der Waals surface area contributed by atoms with Crippen LogP contribution in [0.25, 0.3) is 0 Å². The molecule has 1 heterocycles. The molecule has 0 saturated heterocycles. The third-order valence-corrected chi connectivity index (χ3v) is 2.27. The summed E-state index contributed by atoms with van der Waals surface area (Å²) in [7, 11) is 0. The van der Waals surface area contributed by atoms with Gasteiger partial charge in [0.05, 0.1) is 5.56 Å². The van der Waals surface area contributed by atoms with Crippen molar-refractivity contribution in [2.75, 3.05) is 18.6 Å². The largest absolute Gasteiger partial charge is 0.478 e. The number of hydrogen-bond acceptors (Lipinski definition) is 4. The van der Waals surface area contributed by atoms with Crippen molar-refractivity contribution in [2.45, 2.75) is 0 Å². The minimum atomic E-state index is -1.11. The van der Waals surface area contributed by atoms with Crippen LogP contribution in [0.5, 0.6) is 0 Å². The maximum Gasteiger partial charge on any atom is 0.338 e. The first-order valence-corrected chi connectivity index (χ1v) is 5.63. The molecule has 0 fully saturated rings. The number of carbonyl (C=O) groups is 2. The van der Waals surface area contributed by atoms with Crippen molar-refractivity contribution in [3.05, 3.63) is 23.7 Å². The van der Waals surface area contributed by atoms with E-state index in [1.807, 2.05) is 6.26 Å². The molecule has 0 spiro atoms. The quantitative estimate of drug-likeness (QED) is 0.738. The second-order valence-electron chi connectivity index (χ2n) is 2.75. The Labute approximate surface area is 90.8 Å². The van der Waals surface area contributed by atoms with Crippen molar-refractivity contribution in [2.24, 2.45) is 0 Å². The van der Waals surface area contributed by atoms with Crippen LogP contribution in [0.1, 0.15) is 20.9 Å². The molecule has 1 aromatic rings. The zero-order valence-corrected chi connectivity index (χ0v) is 8.97. The zero-order valence-electron chi connectivity index (χ0n) is 8.15. The fraction of sp³-hybridized carbons (Fsp3) is 0.333. The SMILES string of the molecule is CSCCNC(=O)c1cc(C(=O)O)co1. The van der Waals surface area contributed by atoms with Crippen molar-refractivity contribution in [3.8, 4) is 0 Å². The van der Waals surface area contributed by atoms with Crippen LogP contribution >= 0.6 is 11.8 Å². The third kappa shape index (κ3) is 3.32. The van der Waals surface area contributed by atoms with Gasteiger partial charge in [0.2, 0.25) is 0 Å². The van der Waals surface area contributed by atoms with Crippen LogP contribution in [-0.4, -0.2) is 35.5 Å². The molecule has 0 aromatic carbocycles. The van der Waals surface area contributed by atoms with Gasteiger partial charge < -0.3 is 14.8 Å². The number of nitrogens with one attached hydrogen (secondary N) is 1. The molecule has 0 bridgehead atoms. The number of aromatic carboxylic acids is 1. The van der Waals surface area contributed by atoms with Crippen LogP contribution in [0.15, 0.2) is 16.7 Å². The van der Waals surface area contributed by atoms with Gasteiger partial charge in [0.15, 0.2) is 5.76 Å². The molecule has 0 radical (unpaired) electrons. The number of carboxylic acid groups (broad SMARTS) is 1. The Balaban J connectivity index is 2.54. The summed E-state index contributed by atoms with van der Waals surface area (Å²) in [5, 5.41) is 11.2. The first-order valence-electron chi connectivity index (χ1n) is 4.24. The van der Waals surface area contributed by atoms with Gasteiger partial charge in [-0.05, 0) is 6.26 Å². The Morgan fingerprint density at radius 1 is 1.60 bits per heavy atom. The van der Waals surface area contributed by atoms with Gasteiger partial charge in [-0.15, -0.1) is 0 Å². The summed E-state index contributed by atoms with van der Waals surface area (Å²) in [5.41, 5.74) is -0.0231. The van der Waals surface area contributed by atoms with Gasteiger partial charge >= 0.3 is 5.97 Å². The number of carboxylic acids is 1. The summed E-state index contributed by atoms with van der Waals surface area (Å²) >= 11 is 1.61. The fourth-order valence-corrected chi connectivity index (χ4v) is 1.23. The summed E-state index contributed by atoms with van der Waals surface area (Å²) < 4.78 is 4.82. The highest BCUT2D eigenvalue weighted by molar-refractivity contribution is 7.98. The Morgan fingerprint density at radius 3 is 2.87 bits per heavy atom. The number of rotatable bonds is 5. The van der Waals surface area contributed by atoms with Gasteiger partial charge in [0.25, 0.3) is 5.91 Å². The molecule has 2 N–H and O–H groups in total. The molecule has 1 amide bonds. The molecule has 0 atom stereocenters. The van der Waals surface area contributed by atoms with Crippen molar-refractivity contribution in [3.63, 3.8) is 0 Å². The zero-order chi connectivity index (χ0) is 11.3. The third-order valence-electron chi connectivity index (χ3n) is 1.66. The van der Waals surface area contributed by atoms with Gasteiger partial charge in [-0.2, -0.15) is 11.8 Å². The summed E-state index contributed by atoms with van der Waals surface area (Å²) in [6.45, 7) is 0.531. The van der Waals surface area contributed by atoms with Gasteiger partial charge in [-0.25, -0.2) is 4.79 Å². The Morgan fingerprint density at radius 2 is 2.33 bits per heavy atom. The van der Waals surface area contributed by atoms with Gasteiger partial charge in [0, 0.05) is 18.4 Å².